The fourth-order valence-corrected chi connectivity index (χ4v) is 2.94. The van der Waals surface area contributed by atoms with Gasteiger partial charge in [0.05, 0.1) is 7.05 Å². The zero-order chi connectivity index (χ0) is 13.3. The van der Waals surface area contributed by atoms with Crippen LogP contribution in [-0.2, 0) is 0 Å². The van der Waals surface area contributed by atoms with E-state index in [4.69, 9.17) is 0 Å². The maximum absolute atomic E-state index is 4.13. The molecule has 0 saturated carbocycles. The van der Waals surface area contributed by atoms with E-state index in [0.29, 0.717) is 0 Å². The second-order valence-corrected chi connectivity index (χ2v) is 5.20. The van der Waals surface area contributed by atoms with Gasteiger partial charge in [-0.15, -0.1) is 0 Å². The lowest BCUT2D eigenvalue weighted by molar-refractivity contribution is 0.622. The third-order valence-corrected chi connectivity index (χ3v) is 3.88. The molecule has 0 saturated heterocycles. The molecule has 1 aromatic heterocycles. The summed E-state index contributed by atoms with van der Waals surface area (Å²) in [6.07, 6.45) is 8.43. The molecule has 96 valence electrons. The van der Waals surface area contributed by atoms with E-state index in [0.717, 1.165) is 10.9 Å². The largest absolute Gasteiger partial charge is 0.264 e. The molecular weight excluding hydrogens is 232 g/mol. The molecule has 2 heterocycles. The van der Waals surface area contributed by atoms with Gasteiger partial charge in [0.2, 0.25) is 0 Å². The van der Waals surface area contributed by atoms with E-state index < -0.39 is 0 Å². The van der Waals surface area contributed by atoms with Crippen LogP contribution < -0.4 is 4.48 Å². The lowest BCUT2D eigenvalue weighted by Gasteiger charge is -2.26. The van der Waals surface area contributed by atoms with Crippen molar-refractivity contribution in [1.29, 1.82) is 0 Å². The summed E-state index contributed by atoms with van der Waals surface area (Å²) in [6.45, 7) is 2.23. The Balaban J connectivity index is 2.17. The van der Waals surface area contributed by atoms with Crippen molar-refractivity contribution in [1.82, 2.24) is 9.47 Å². The Morgan fingerprint density at radius 2 is 1.79 bits per heavy atom. The van der Waals surface area contributed by atoms with Crippen molar-refractivity contribution in [2.24, 2.45) is 0 Å². The third-order valence-electron chi connectivity index (χ3n) is 3.88. The first-order valence-electron chi connectivity index (χ1n) is 6.84. The van der Waals surface area contributed by atoms with Crippen LogP contribution in [0.3, 0.4) is 0 Å². The summed E-state index contributed by atoms with van der Waals surface area (Å²) in [6, 6.07) is 12.9. The van der Waals surface area contributed by atoms with E-state index in [9.17, 15) is 0 Å². The molecule has 2 heteroatoms. The highest BCUT2D eigenvalue weighted by Gasteiger charge is 2.36. The van der Waals surface area contributed by atoms with Crippen molar-refractivity contribution in [3.63, 3.8) is 0 Å². The first-order valence-corrected chi connectivity index (χ1v) is 6.84. The number of quaternary nitrogens is 1. The summed E-state index contributed by atoms with van der Waals surface area (Å²) >= 11 is 0. The normalized spacial score (nSPS) is 21.1. The van der Waals surface area contributed by atoms with E-state index in [1.165, 1.54) is 28.9 Å². The van der Waals surface area contributed by atoms with Crippen LogP contribution in [0.2, 0.25) is 0 Å². The Kier molecular flexibility index (Phi) is 2.96. The van der Waals surface area contributed by atoms with Crippen molar-refractivity contribution in [2.45, 2.75) is 19.8 Å². The SMILES string of the molecule is CCCC1=C[N+](C)(c2ccncc2)c2ccccc21. The Labute approximate surface area is 114 Å². The molecule has 1 aliphatic rings. The maximum Gasteiger partial charge on any atom is 0.150 e. The number of para-hydroxylation sites is 1. The van der Waals surface area contributed by atoms with Gasteiger partial charge in [0.25, 0.3) is 0 Å². The molecule has 1 atom stereocenters. The number of hydrogen-bond acceptors (Lipinski definition) is 1. The maximum atomic E-state index is 4.13. The highest BCUT2D eigenvalue weighted by Crippen LogP contribution is 2.45. The lowest BCUT2D eigenvalue weighted by Crippen LogP contribution is -2.31. The van der Waals surface area contributed by atoms with Crippen molar-refractivity contribution >= 4 is 16.9 Å². The minimum atomic E-state index is 0.744. The standard InChI is InChI=1S/C17H19N2/c1-3-6-14-13-19(2,15-9-11-18-12-10-15)17-8-5-4-7-16(14)17/h4-5,7-13H,3,6H2,1-2H3/q+1. The fourth-order valence-electron chi connectivity index (χ4n) is 2.94. The fraction of sp³-hybridized carbons (Fsp3) is 0.235. The van der Waals surface area contributed by atoms with Gasteiger partial charge in [-0.25, -0.2) is 4.48 Å². The first-order chi connectivity index (χ1) is 9.25. The van der Waals surface area contributed by atoms with Gasteiger partial charge in [-0.3, -0.25) is 4.98 Å². The van der Waals surface area contributed by atoms with Crippen LogP contribution >= 0.6 is 0 Å². The van der Waals surface area contributed by atoms with Crippen LogP contribution in [0.1, 0.15) is 25.3 Å². The molecule has 0 N–H and O–H groups in total. The summed E-state index contributed by atoms with van der Waals surface area (Å²) in [5.41, 5.74) is 5.46. The molecule has 3 rings (SSSR count). The highest BCUT2D eigenvalue weighted by atomic mass is 15.3. The van der Waals surface area contributed by atoms with Crippen molar-refractivity contribution in [2.75, 3.05) is 7.05 Å². The predicted octanol–water partition coefficient (Wildman–Crippen LogP) is 4.51. The first kappa shape index (κ1) is 12.1. The molecule has 2 aromatic rings. The van der Waals surface area contributed by atoms with E-state index in [2.05, 4.69) is 61.6 Å². The van der Waals surface area contributed by atoms with E-state index in [1.807, 2.05) is 12.4 Å². The predicted molar refractivity (Wildman–Crippen MR) is 80.9 cm³/mol. The third kappa shape index (κ3) is 1.89. The number of hydrogen-bond donors (Lipinski definition) is 0. The molecule has 0 aliphatic carbocycles. The summed E-state index contributed by atoms with van der Waals surface area (Å²) < 4.78 is 0.744. The molecule has 0 fully saturated rings. The summed E-state index contributed by atoms with van der Waals surface area (Å²) in [7, 11) is 2.25. The number of fused-ring (bicyclic) bond motifs is 1. The van der Waals surface area contributed by atoms with Crippen LogP contribution in [0.5, 0.6) is 0 Å². The van der Waals surface area contributed by atoms with Gasteiger partial charge in [0, 0.05) is 41.7 Å². The van der Waals surface area contributed by atoms with Crippen molar-refractivity contribution in [3.8, 4) is 0 Å². The van der Waals surface area contributed by atoms with E-state index in [-0.39, 0.29) is 0 Å². The van der Waals surface area contributed by atoms with Crippen LogP contribution in [0.15, 0.2) is 55.0 Å². The molecule has 0 spiro atoms. The smallest absolute Gasteiger partial charge is 0.150 e. The minimum absolute atomic E-state index is 0.744. The summed E-state index contributed by atoms with van der Waals surface area (Å²) in [4.78, 5) is 4.13. The molecule has 2 nitrogen and oxygen atoms in total. The topological polar surface area (TPSA) is 12.9 Å². The minimum Gasteiger partial charge on any atom is -0.264 e. The molecule has 0 radical (unpaired) electrons. The molecule has 19 heavy (non-hydrogen) atoms. The number of nitrogens with zero attached hydrogens (tertiary/aromatic N) is 2. The average Bonchev–Trinajstić information content (AvgIpc) is 2.75. The molecular formula is C17H19N2+. The van der Waals surface area contributed by atoms with Crippen LogP contribution in [0.4, 0.5) is 11.4 Å². The van der Waals surface area contributed by atoms with Crippen LogP contribution in [0.25, 0.3) is 5.57 Å². The van der Waals surface area contributed by atoms with E-state index >= 15 is 0 Å². The highest BCUT2D eigenvalue weighted by molar-refractivity contribution is 5.85. The van der Waals surface area contributed by atoms with Crippen LogP contribution in [-0.4, -0.2) is 12.0 Å². The summed E-state index contributed by atoms with van der Waals surface area (Å²) in [5, 5.41) is 0. The van der Waals surface area contributed by atoms with Crippen molar-refractivity contribution < 1.29 is 0 Å². The van der Waals surface area contributed by atoms with Gasteiger partial charge in [0.1, 0.15) is 17.6 Å². The average molecular weight is 251 g/mol. The van der Waals surface area contributed by atoms with Gasteiger partial charge in [-0.2, -0.15) is 0 Å². The van der Waals surface area contributed by atoms with Gasteiger partial charge in [-0.1, -0.05) is 25.5 Å². The summed E-state index contributed by atoms with van der Waals surface area (Å²) in [5.74, 6) is 0. The number of rotatable bonds is 3. The van der Waals surface area contributed by atoms with Crippen molar-refractivity contribution in [3.05, 3.63) is 60.6 Å². The Hall–Kier alpha value is -1.93. The Morgan fingerprint density at radius 3 is 2.53 bits per heavy atom. The second kappa shape index (κ2) is 4.63. The Bertz CT molecular complexity index is 616. The van der Waals surface area contributed by atoms with E-state index in [1.54, 1.807) is 0 Å². The Morgan fingerprint density at radius 1 is 1.05 bits per heavy atom. The number of benzene rings is 1. The molecule has 1 aromatic carbocycles. The number of aromatic nitrogens is 1. The van der Waals surface area contributed by atoms with Crippen LogP contribution in [0, 0.1) is 0 Å². The molecule has 0 amide bonds. The van der Waals surface area contributed by atoms with Gasteiger partial charge in [0.15, 0.2) is 0 Å². The molecule has 0 bridgehead atoms. The lowest BCUT2D eigenvalue weighted by atomic mass is 10.0. The molecule has 1 aliphatic heterocycles. The monoisotopic (exact) mass is 251 g/mol. The second-order valence-electron chi connectivity index (χ2n) is 5.20. The quantitative estimate of drug-likeness (QED) is 0.732. The zero-order valence-corrected chi connectivity index (χ0v) is 11.5. The number of allylic oxidation sites excluding steroid dienone is 1. The van der Waals surface area contributed by atoms with Gasteiger partial charge < -0.3 is 0 Å². The number of pyridine rings is 1. The zero-order valence-electron chi connectivity index (χ0n) is 11.5. The molecule has 1 unspecified atom stereocenters. The van der Waals surface area contributed by atoms with Gasteiger partial charge in [-0.05, 0) is 12.5 Å². The van der Waals surface area contributed by atoms with Gasteiger partial charge >= 0.3 is 0 Å².